The van der Waals surface area contributed by atoms with Crippen molar-refractivity contribution in [3.8, 4) is 11.1 Å². The molecule has 2 unspecified atom stereocenters. The van der Waals surface area contributed by atoms with Crippen molar-refractivity contribution < 1.29 is 19.1 Å². The summed E-state index contributed by atoms with van der Waals surface area (Å²) in [6.07, 6.45) is 8.23. The Bertz CT molecular complexity index is 1530. The number of carbonyl (C=O) groups excluding carboxylic acids is 2. The molecule has 4 aliphatic rings. The third-order valence-corrected chi connectivity index (χ3v) is 9.42. The molecule has 4 aliphatic heterocycles. The van der Waals surface area contributed by atoms with E-state index in [-0.39, 0.29) is 30.2 Å². The van der Waals surface area contributed by atoms with Crippen molar-refractivity contribution in [2.75, 3.05) is 26.3 Å². The first-order valence-corrected chi connectivity index (χ1v) is 15.4. The molecule has 1 aromatic carbocycles. The van der Waals surface area contributed by atoms with Gasteiger partial charge in [-0.3, -0.25) is 0 Å². The number of hydrogen-bond acceptors (Lipinski definition) is 5. The van der Waals surface area contributed by atoms with Crippen molar-refractivity contribution in [2.45, 2.75) is 90.1 Å². The minimum Gasteiger partial charge on any atom is -0.444 e. The maximum absolute atomic E-state index is 13.9. The van der Waals surface area contributed by atoms with Crippen molar-refractivity contribution in [3.05, 3.63) is 52.8 Å². The Balaban J connectivity index is 1.27. The summed E-state index contributed by atoms with van der Waals surface area (Å²) in [5, 5.41) is 1.11. The van der Waals surface area contributed by atoms with Crippen LogP contribution in [0.15, 0.2) is 30.6 Å². The van der Waals surface area contributed by atoms with Gasteiger partial charge in [-0.25, -0.2) is 14.6 Å². The lowest BCUT2D eigenvalue weighted by atomic mass is 9.87. The fourth-order valence-electron chi connectivity index (χ4n) is 7.35. The molecule has 6 heterocycles. The van der Waals surface area contributed by atoms with E-state index in [0.717, 1.165) is 65.4 Å². The van der Waals surface area contributed by atoms with Crippen LogP contribution in [-0.2, 0) is 22.4 Å². The maximum Gasteiger partial charge on any atom is 0.410 e. The van der Waals surface area contributed by atoms with E-state index in [9.17, 15) is 9.59 Å². The van der Waals surface area contributed by atoms with E-state index in [2.05, 4.69) is 35.0 Å². The van der Waals surface area contributed by atoms with Gasteiger partial charge in [0.15, 0.2) is 0 Å². The van der Waals surface area contributed by atoms with Gasteiger partial charge >= 0.3 is 12.1 Å². The number of fused-ring (bicyclic) bond motifs is 4. The lowest BCUT2D eigenvalue weighted by Gasteiger charge is -2.40. The summed E-state index contributed by atoms with van der Waals surface area (Å²) in [7, 11) is 0. The van der Waals surface area contributed by atoms with Crippen LogP contribution < -0.4 is 0 Å². The molecule has 3 saturated heterocycles. The number of morpholine rings is 1. The first-order chi connectivity index (χ1) is 20.2. The zero-order valence-corrected chi connectivity index (χ0v) is 25.1. The zero-order chi connectivity index (χ0) is 29.2. The van der Waals surface area contributed by atoms with Crippen LogP contribution in [-0.4, -0.2) is 80.8 Å². The molecule has 0 radical (unpaired) electrons. The lowest BCUT2D eigenvalue weighted by molar-refractivity contribution is -0.00299. The highest BCUT2D eigenvalue weighted by molar-refractivity contribution is 5.85. The number of ether oxygens (including phenoxy) is 2. The molecular formula is C33H41N5O4. The van der Waals surface area contributed by atoms with E-state index in [1.807, 2.05) is 43.0 Å². The Kier molecular flexibility index (Phi) is 6.68. The normalized spacial score (nSPS) is 23.9. The molecule has 3 aromatic rings. The van der Waals surface area contributed by atoms with Crippen molar-refractivity contribution in [1.29, 1.82) is 0 Å². The molecule has 0 aliphatic carbocycles. The van der Waals surface area contributed by atoms with E-state index in [1.165, 1.54) is 11.1 Å². The van der Waals surface area contributed by atoms with Crippen LogP contribution in [0.1, 0.15) is 74.8 Å². The average molecular weight is 572 g/mol. The number of H-pyrrole nitrogens is 1. The fourth-order valence-corrected chi connectivity index (χ4v) is 7.35. The number of nitrogens with zero attached hydrogens (tertiary/aromatic N) is 4. The number of likely N-dealkylation sites (tertiary alicyclic amines) is 1. The van der Waals surface area contributed by atoms with Gasteiger partial charge in [0, 0.05) is 43.0 Å². The topological polar surface area (TPSA) is 91.0 Å². The molecule has 0 spiro atoms. The van der Waals surface area contributed by atoms with Gasteiger partial charge in [0.05, 0.1) is 31.3 Å². The van der Waals surface area contributed by atoms with Gasteiger partial charge in [-0.1, -0.05) is 6.07 Å². The van der Waals surface area contributed by atoms with Crippen molar-refractivity contribution in [2.24, 2.45) is 0 Å². The van der Waals surface area contributed by atoms with E-state index in [1.54, 1.807) is 0 Å². The Morgan fingerprint density at radius 3 is 2.60 bits per heavy atom. The molecule has 0 saturated carbocycles. The number of nitrogens with one attached hydrogen (secondary N) is 1. The smallest absolute Gasteiger partial charge is 0.410 e. The highest BCUT2D eigenvalue weighted by Gasteiger charge is 2.43. The number of urea groups is 1. The van der Waals surface area contributed by atoms with E-state index >= 15 is 0 Å². The second kappa shape index (κ2) is 10.3. The molecule has 3 atom stereocenters. The Labute approximate surface area is 247 Å². The lowest BCUT2D eigenvalue weighted by Crippen LogP contribution is -2.55. The van der Waals surface area contributed by atoms with Gasteiger partial charge in [-0.15, -0.1) is 0 Å². The quantitative estimate of drug-likeness (QED) is 0.410. The van der Waals surface area contributed by atoms with Crippen molar-refractivity contribution >= 4 is 23.2 Å². The van der Waals surface area contributed by atoms with Gasteiger partial charge in [0.25, 0.3) is 0 Å². The first kappa shape index (κ1) is 27.3. The minimum absolute atomic E-state index is 0.103. The van der Waals surface area contributed by atoms with E-state index < -0.39 is 5.60 Å². The van der Waals surface area contributed by atoms with Crippen LogP contribution in [0, 0.1) is 6.92 Å². The molecular weight excluding hydrogens is 530 g/mol. The number of aryl methyl sites for hydroxylation is 1. The maximum atomic E-state index is 13.9. The molecule has 3 amide bonds. The van der Waals surface area contributed by atoms with Gasteiger partial charge in [-0.05, 0) is 99.7 Å². The number of aromatic amines is 1. The summed E-state index contributed by atoms with van der Waals surface area (Å²) in [6.45, 7) is 11.0. The summed E-state index contributed by atoms with van der Waals surface area (Å²) in [5.74, 6) is 0. The zero-order valence-electron chi connectivity index (χ0n) is 25.1. The molecule has 222 valence electrons. The number of pyridine rings is 1. The van der Waals surface area contributed by atoms with Gasteiger partial charge in [0.1, 0.15) is 11.2 Å². The molecule has 7 rings (SSSR count). The highest BCUT2D eigenvalue weighted by atomic mass is 16.6. The molecule has 9 nitrogen and oxygen atoms in total. The molecule has 9 heteroatoms. The average Bonchev–Trinajstić information content (AvgIpc) is 3.66. The molecule has 1 N–H and O–H groups in total. The van der Waals surface area contributed by atoms with Gasteiger partial charge < -0.3 is 29.2 Å². The highest BCUT2D eigenvalue weighted by Crippen LogP contribution is 2.41. The predicted octanol–water partition coefficient (Wildman–Crippen LogP) is 5.95. The van der Waals surface area contributed by atoms with E-state index in [4.69, 9.17) is 14.5 Å². The van der Waals surface area contributed by atoms with E-state index in [0.29, 0.717) is 32.8 Å². The number of hydrogen-bond donors (Lipinski definition) is 1. The fraction of sp³-hybridized carbons (Fsp3) is 0.545. The van der Waals surface area contributed by atoms with Crippen molar-refractivity contribution in [3.63, 3.8) is 0 Å². The second-order valence-electron chi connectivity index (χ2n) is 13.4. The summed E-state index contributed by atoms with van der Waals surface area (Å²) < 4.78 is 11.6. The Hall–Kier alpha value is -3.59. The molecule has 2 bridgehead atoms. The monoisotopic (exact) mass is 571 g/mol. The summed E-state index contributed by atoms with van der Waals surface area (Å²) in [6, 6.07) is 7.09. The molecule has 42 heavy (non-hydrogen) atoms. The molecule has 2 aromatic heterocycles. The number of benzene rings is 1. The summed E-state index contributed by atoms with van der Waals surface area (Å²) in [5.41, 5.74) is 7.18. The largest absolute Gasteiger partial charge is 0.444 e. The number of amides is 3. The summed E-state index contributed by atoms with van der Waals surface area (Å²) >= 11 is 0. The number of rotatable bonds is 2. The number of aromatic nitrogens is 2. The first-order valence-electron chi connectivity index (χ1n) is 15.4. The minimum atomic E-state index is -0.568. The SMILES string of the molecule is Cc1c[nH]c2ncc(-c3cc4c(c([C@@H]5CCCN5C(=O)OC(C)(C)C)c3)CN(C(=O)N3C5CCC3COC5)CC4)cc12. The van der Waals surface area contributed by atoms with Crippen LogP contribution in [0.4, 0.5) is 9.59 Å². The Morgan fingerprint density at radius 1 is 1.05 bits per heavy atom. The predicted molar refractivity (Wildman–Crippen MR) is 160 cm³/mol. The summed E-state index contributed by atoms with van der Waals surface area (Å²) in [4.78, 5) is 41.2. The second-order valence-corrected chi connectivity index (χ2v) is 13.4. The van der Waals surface area contributed by atoms with Crippen LogP contribution >= 0.6 is 0 Å². The Morgan fingerprint density at radius 2 is 1.83 bits per heavy atom. The third kappa shape index (κ3) is 4.81. The van der Waals surface area contributed by atoms with Crippen LogP contribution in [0.25, 0.3) is 22.2 Å². The van der Waals surface area contributed by atoms with Gasteiger partial charge in [0.2, 0.25) is 0 Å². The van der Waals surface area contributed by atoms with Crippen LogP contribution in [0.5, 0.6) is 0 Å². The standard InChI is InChI=1S/C33H41N5O4/c1-20-15-34-30-26(20)14-23(16-35-30)22-12-21-9-11-36(31(39)38-24-7-8-25(38)19-41-18-24)17-28(21)27(13-22)29-6-5-10-37(29)32(40)42-33(2,3)4/h12-16,24-25,29H,5-11,17-19H2,1-4H3,(H,34,35)/t24?,25?,29-/m0/s1. The number of carbonyl (C=O) groups is 2. The third-order valence-electron chi connectivity index (χ3n) is 9.42. The van der Waals surface area contributed by atoms with Crippen LogP contribution in [0.3, 0.4) is 0 Å². The van der Waals surface area contributed by atoms with Crippen molar-refractivity contribution in [1.82, 2.24) is 24.7 Å². The van der Waals surface area contributed by atoms with Crippen LogP contribution in [0.2, 0.25) is 0 Å². The van der Waals surface area contributed by atoms with Gasteiger partial charge in [-0.2, -0.15) is 0 Å². The molecule has 3 fully saturated rings.